The molecule has 0 spiro atoms. The molecule has 216 valence electrons. The summed E-state index contributed by atoms with van der Waals surface area (Å²) in [6.45, 7) is 0. The number of hydrogen-bond acceptors (Lipinski definition) is 2. The number of rotatable bonds is 4. The highest BCUT2D eigenvalue weighted by Gasteiger charge is 2.74. The van der Waals surface area contributed by atoms with Crippen molar-refractivity contribution in [3.63, 3.8) is 0 Å². The lowest BCUT2D eigenvalue weighted by Gasteiger charge is -2.39. The van der Waals surface area contributed by atoms with Crippen molar-refractivity contribution in [2.24, 2.45) is 0 Å². The van der Waals surface area contributed by atoms with Crippen LogP contribution in [-0.4, -0.2) is 34.5 Å². The Bertz CT molecular complexity index is 1670. The fourth-order valence-electron chi connectivity index (χ4n) is 4.58. The van der Waals surface area contributed by atoms with Gasteiger partial charge in [0.05, 0.1) is 11.1 Å². The summed E-state index contributed by atoms with van der Waals surface area (Å²) in [6, 6.07) is 19.2. The molecule has 4 aromatic carbocycles. The predicted octanol–water partition coefficient (Wildman–Crippen LogP) is 7.29. The molecular formula is C33H18F6O4. The van der Waals surface area contributed by atoms with Crippen LogP contribution in [0.4, 0.5) is 26.3 Å². The molecule has 0 aromatic heterocycles. The van der Waals surface area contributed by atoms with Gasteiger partial charge in [0.2, 0.25) is 5.41 Å². The highest BCUT2D eigenvalue weighted by atomic mass is 19.4. The smallest absolute Gasteiger partial charge is 0.411 e. The highest BCUT2D eigenvalue weighted by Crippen LogP contribution is 2.58. The number of carbonyl (C=O) groups is 2. The summed E-state index contributed by atoms with van der Waals surface area (Å²) in [5, 5.41) is 19.6. The molecule has 0 aliphatic rings. The summed E-state index contributed by atoms with van der Waals surface area (Å²) >= 11 is 0. The lowest BCUT2D eigenvalue weighted by molar-refractivity contribution is -0.288. The Balaban J connectivity index is 2.21. The van der Waals surface area contributed by atoms with Crippen LogP contribution in [0.15, 0.2) is 97.1 Å². The fourth-order valence-corrected chi connectivity index (χ4v) is 4.58. The van der Waals surface area contributed by atoms with E-state index in [0.29, 0.717) is 12.1 Å². The maximum atomic E-state index is 15.3. The van der Waals surface area contributed by atoms with Crippen LogP contribution < -0.4 is 0 Å². The number of alkyl halides is 6. The van der Waals surface area contributed by atoms with Crippen molar-refractivity contribution in [3.8, 4) is 23.7 Å². The van der Waals surface area contributed by atoms with Gasteiger partial charge in [-0.05, 0) is 47.5 Å². The number of halogens is 6. The quantitative estimate of drug-likeness (QED) is 0.193. The van der Waals surface area contributed by atoms with Crippen molar-refractivity contribution < 1.29 is 46.1 Å². The van der Waals surface area contributed by atoms with Gasteiger partial charge in [0.25, 0.3) is 0 Å². The van der Waals surface area contributed by atoms with Gasteiger partial charge < -0.3 is 10.2 Å². The van der Waals surface area contributed by atoms with Crippen LogP contribution in [0.25, 0.3) is 0 Å². The first-order valence-corrected chi connectivity index (χ1v) is 12.3. The maximum absolute atomic E-state index is 15.3. The van der Waals surface area contributed by atoms with E-state index in [-0.39, 0.29) is 11.1 Å². The van der Waals surface area contributed by atoms with Crippen LogP contribution in [0, 0.1) is 23.7 Å². The zero-order chi connectivity index (χ0) is 31.4. The van der Waals surface area contributed by atoms with E-state index in [1.165, 1.54) is 48.5 Å². The Kier molecular flexibility index (Phi) is 8.36. The van der Waals surface area contributed by atoms with Crippen LogP contribution in [0.2, 0.25) is 0 Å². The van der Waals surface area contributed by atoms with Gasteiger partial charge in [-0.2, -0.15) is 26.3 Å². The molecule has 0 saturated heterocycles. The maximum Gasteiger partial charge on any atom is 0.411 e. The van der Waals surface area contributed by atoms with Gasteiger partial charge in [-0.1, -0.05) is 84.3 Å². The molecule has 0 radical (unpaired) electrons. The van der Waals surface area contributed by atoms with E-state index in [1.54, 1.807) is 12.1 Å². The molecule has 10 heteroatoms. The van der Waals surface area contributed by atoms with E-state index in [9.17, 15) is 19.8 Å². The van der Waals surface area contributed by atoms with Gasteiger partial charge in [0.15, 0.2) is 0 Å². The Morgan fingerprint density at radius 2 is 0.837 bits per heavy atom. The van der Waals surface area contributed by atoms with Crippen LogP contribution >= 0.6 is 0 Å². The summed E-state index contributed by atoms with van der Waals surface area (Å²) in [4.78, 5) is 24.2. The third kappa shape index (κ3) is 5.81. The SMILES string of the molecule is O=C(O)c1cccc(C(c2cccc(C(=O)O)c2C#Cc2ccccc2)(C(F)(F)F)C(F)(F)F)c1C#Cc1ccccc1. The number of benzene rings is 4. The Labute approximate surface area is 241 Å². The second kappa shape index (κ2) is 11.8. The average Bonchev–Trinajstić information content (AvgIpc) is 2.95. The summed E-state index contributed by atoms with van der Waals surface area (Å²) in [6.07, 6.45) is -12.4. The highest BCUT2D eigenvalue weighted by molar-refractivity contribution is 5.93. The van der Waals surface area contributed by atoms with E-state index in [1.807, 2.05) is 0 Å². The molecule has 0 heterocycles. The van der Waals surface area contributed by atoms with Crippen LogP contribution in [-0.2, 0) is 5.41 Å². The van der Waals surface area contributed by atoms with Crippen LogP contribution in [0.5, 0.6) is 0 Å². The van der Waals surface area contributed by atoms with E-state index in [0.717, 1.165) is 24.3 Å². The first-order chi connectivity index (χ1) is 20.3. The molecule has 4 rings (SSSR count). The van der Waals surface area contributed by atoms with Crippen LogP contribution in [0.3, 0.4) is 0 Å². The molecule has 2 N–H and O–H groups in total. The third-order valence-corrected chi connectivity index (χ3v) is 6.46. The molecule has 0 amide bonds. The van der Waals surface area contributed by atoms with E-state index in [2.05, 4.69) is 23.7 Å². The van der Waals surface area contributed by atoms with Gasteiger partial charge in [-0.3, -0.25) is 0 Å². The molecule has 0 aliphatic heterocycles. The van der Waals surface area contributed by atoms with Crippen molar-refractivity contribution in [3.05, 3.63) is 142 Å². The van der Waals surface area contributed by atoms with Gasteiger partial charge in [-0.25, -0.2) is 9.59 Å². The molecule has 0 unspecified atom stereocenters. The Morgan fingerprint density at radius 1 is 0.488 bits per heavy atom. The van der Waals surface area contributed by atoms with E-state index in [4.69, 9.17) is 0 Å². The zero-order valence-electron chi connectivity index (χ0n) is 21.7. The minimum atomic E-state index is -6.19. The molecule has 0 atom stereocenters. The van der Waals surface area contributed by atoms with Crippen molar-refractivity contribution in [1.82, 2.24) is 0 Å². The molecule has 0 bridgehead atoms. The predicted molar refractivity (Wildman–Crippen MR) is 145 cm³/mol. The van der Waals surface area contributed by atoms with Crippen LogP contribution in [0.1, 0.15) is 54.1 Å². The minimum absolute atomic E-state index is 0.195. The zero-order valence-corrected chi connectivity index (χ0v) is 21.7. The van der Waals surface area contributed by atoms with Crippen molar-refractivity contribution in [1.29, 1.82) is 0 Å². The molecule has 0 fully saturated rings. The van der Waals surface area contributed by atoms with Crippen molar-refractivity contribution in [2.75, 3.05) is 0 Å². The van der Waals surface area contributed by atoms with Crippen molar-refractivity contribution >= 4 is 11.9 Å². The van der Waals surface area contributed by atoms with E-state index < -0.39 is 63.1 Å². The number of hydrogen-bond donors (Lipinski definition) is 2. The number of carboxylic acids is 2. The monoisotopic (exact) mass is 592 g/mol. The number of carboxylic acid groups (broad SMARTS) is 2. The first kappa shape index (κ1) is 30.5. The lowest BCUT2D eigenvalue weighted by atomic mass is 9.68. The summed E-state index contributed by atoms with van der Waals surface area (Å²) < 4.78 is 91.7. The second-order valence-electron chi connectivity index (χ2n) is 9.04. The summed E-state index contributed by atoms with van der Waals surface area (Å²) in [5.41, 5.74) is -11.6. The van der Waals surface area contributed by atoms with Gasteiger partial charge >= 0.3 is 24.3 Å². The molecule has 43 heavy (non-hydrogen) atoms. The summed E-state index contributed by atoms with van der Waals surface area (Å²) in [5.74, 6) is 5.71. The molecule has 4 aromatic rings. The minimum Gasteiger partial charge on any atom is -0.478 e. The molecule has 0 aliphatic carbocycles. The standard InChI is InChI=1S/C33H18F6O4/c34-32(35,36)31(33(37,38)39,27-15-7-13-25(29(40)41)23(27)19-17-21-9-3-1-4-10-21)28-16-8-14-26(30(42)43)24(28)20-18-22-11-5-2-6-12-22/h1-16H,(H,40,41)(H,42,43). The largest absolute Gasteiger partial charge is 0.478 e. The summed E-state index contributed by atoms with van der Waals surface area (Å²) in [7, 11) is 0. The van der Waals surface area contributed by atoms with Crippen molar-refractivity contribution in [2.45, 2.75) is 17.8 Å². The molecule has 0 saturated carbocycles. The van der Waals surface area contributed by atoms with Gasteiger partial charge in [0, 0.05) is 22.3 Å². The Morgan fingerprint density at radius 3 is 1.14 bits per heavy atom. The van der Waals surface area contributed by atoms with E-state index >= 15 is 26.3 Å². The molecular weight excluding hydrogens is 574 g/mol. The first-order valence-electron chi connectivity index (χ1n) is 12.3. The third-order valence-electron chi connectivity index (χ3n) is 6.46. The second-order valence-corrected chi connectivity index (χ2v) is 9.04. The normalized spacial score (nSPS) is 11.5. The lowest BCUT2D eigenvalue weighted by Crippen LogP contribution is -2.55. The molecule has 4 nitrogen and oxygen atoms in total. The topological polar surface area (TPSA) is 74.6 Å². The van der Waals surface area contributed by atoms with Gasteiger partial charge in [-0.15, -0.1) is 0 Å². The van der Waals surface area contributed by atoms with Gasteiger partial charge in [0.1, 0.15) is 0 Å². The average molecular weight is 592 g/mol. The number of aromatic carboxylic acids is 2. The Hall–Kier alpha value is -5.48. The fraction of sp³-hybridized carbons (Fsp3) is 0.0909.